The van der Waals surface area contributed by atoms with E-state index in [9.17, 15) is 4.79 Å². The molecule has 120 valence electrons. The van der Waals surface area contributed by atoms with Crippen LogP contribution in [0.3, 0.4) is 0 Å². The van der Waals surface area contributed by atoms with E-state index < -0.39 is 0 Å². The molecule has 2 aromatic rings. The molecule has 7 heteroatoms. The van der Waals surface area contributed by atoms with Crippen molar-refractivity contribution < 1.29 is 14.1 Å². The molecule has 2 saturated heterocycles. The number of carbonyl (C=O) groups is 1. The number of benzene rings is 1. The van der Waals surface area contributed by atoms with Crippen molar-refractivity contribution in [1.29, 1.82) is 0 Å². The van der Waals surface area contributed by atoms with Gasteiger partial charge in [-0.05, 0) is 31.0 Å². The van der Waals surface area contributed by atoms with Crippen LogP contribution in [0.5, 0.6) is 0 Å². The van der Waals surface area contributed by atoms with E-state index in [1.807, 2.05) is 12.1 Å². The van der Waals surface area contributed by atoms with E-state index in [1.54, 1.807) is 11.0 Å². The maximum atomic E-state index is 11.9. The van der Waals surface area contributed by atoms with Crippen molar-refractivity contribution in [3.63, 3.8) is 0 Å². The molecular weight excluding hydrogens is 318 g/mol. The van der Waals surface area contributed by atoms with Crippen LogP contribution in [0.2, 0.25) is 5.02 Å². The van der Waals surface area contributed by atoms with Crippen LogP contribution in [-0.4, -0.2) is 35.8 Å². The van der Waals surface area contributed by atoms with Gasteiger partial charge in [0.1, 0.15) is 0 Å². The molecule has 1 amide bonds. The Morgan fingerprint density at radius 1 is 1.35 bits per heavy atom. The lowest BCUT2D eigenvalue weighted by Gasteiger charge is -2.16. The van der Waals surface area contributed by atoms with Crippen LogP contribution in [0.4, 0.5) is 5.69 Å². The first-order chi connectivity index (χ1) is 11.2. The second-order valence-corrected chi connectivity index (χ2v) is 6.24. The van der Waals surface area contributed by atoms with Crippen molar-refractivity contribution in [2.75, 3.05) is 24.7 Å². The maximum Gasteiger partial charge on any atom is 0.259 e. The van der Waals surface area contributed by atoms with Gasteiger partial charge in [0, 0.05) is 31.2 Å². The molecule has 23 heavy (non-hydrogen) atoms. The maximum absolute atomic E-state index is 11.9. The highest BCUT2D eigenvalue weighted by molar-refractivity contribution is 6.33. The normalized spacial score (nSPS) is 21.3. The molecule has 0 radical (unpaired) electrons. The SMILES string of the molecule is O=C1CCCN1c1ccc(Cl)c(-c2nc(C3CCOC3)no2)c1. The van der Waals surface area contributed by atoms with Crippen molar-refractivity contribution in [1.82, 2.24) is 10.1 Å². The lowest BCUT2D eigenvalue weighted by Crippen LogP contribution is -2.23. The third-order valence-electron chi connectivity index (χ3n) is 4.30. The average Bonchev–Trinajstić information content (AvgIpc) is 3.28. The van der Waals surface area contributed by atoms with Crippen LogP contribution in [-0.2, 0) is 9.53 Å². The Morgan fingerprint density at radius 2 is 2.26 bits per heavy atom. The summed E-state index contributed by atoms with van der Waals surface area (Å²) in [6, 6.07) is 5.45. The fourth-order valence-corrected chi connectivity index (χ4v) is 3.21. The highest BCUT2D eigenvalue weighted by Gasteiger charge is 2.26. The Kier molecular flexibility index (Phi) is 3.79. The first kappa shape index (κ1) is 14.7. The molecule has 4 rings (SSSR count). The van der Waals surface area contributed by atoms with Gasteiger partial charge in [0.05, 0.1) is 17.2 Å². The van der Waals surface area contributed by atoms with Gasteiger partial charge in [-0.15, -0.1) is 0 Å². The molecule has 2 aliphatic rings. The number of amides is 1. The fraction of sp³-hybridized carbons (Fsp3) is 0.438. The van der Waals surface area contributed by atoms with Gasteiger partial charge in [-0.1, -0.05) is 16.8 Å². The fourth-order valence-electron chi connectivity index (χ4n) is 3.01. The Morgan fingerprint density at radius 3 is 3.00 bits per heavy atom. The van der Waals surface area contributed by atoms with Gasteiger partial charge in [-0.3, -0.25) is 4.79 Å². The van der Waals surface area contributed by atoms with Gasteiger partial charge in [-0.25, -0.2) is 0 Å². The number of aromatic nitrogens is 2. The minimum absolute atomic E-state index is 0.132. The number of rotatable bonds is 3. The topological polar surface area (TPSA) is 68.5 Å². The number of hydrogen-bond donors (Lipinski definition) is 0. The third-order valence-corrected chi connectivity index (χ3v) is 4.63. The molecule has 2 fully saturated rings. The van der Waals surface area contributed by atoms with Crippen molar-refractivity contribution in [3.05, 3.63) is 29.0 Å². The summed E-state index contributed by atoms with van der Waals surface area (Å²) in [6.45, 7) is 2.07. The zero-order valence-corrected chi connectivity index (χ0v) is 13.3. The molecular formula is C16H16ClN3O3. The monoisotopic (exact) mass is 333 g/mol. The van der Waals surface area contributed by atoms with Crippen LogP contribution in [0.25, 0.3) is 11.5 Å². The minimum atomic E-state index is 0.132. The largest absolute Gasteiger partial charge is 0.381 e. The van der Waals surface area contributed by atoms with Gasteiger partial charge >= 0.3 is 0 Å². The van der Waals surface area contributed by atoms with Gasteiger partial charge in [0.25, 0.3) is 5.89 Å². The molecule has 0 spiro atoms. The van der Waals surface area contributed by atoms with Gasteiger partial charge in [-0.2, -0.15) is 4.98 Å². The van der Waals surface area contributed by atoms with Crippen molar-refractivity contribution >= 4 is 23.2 Å². The standard InChI is InChI=1S/C16H16ClN3O3/c17-13-4-3-11(20-6-1-2-14(20)21)8-12(13)16-18-15(19-23-16)10-5-7-22-9-10/h3-4,8,10H,1-2,5-7,9H2. The van der Waals surface area contributed by atoms with Gasteiger partial charge in [0.2, 0.25) is 5.91 Å². The quantitative estimate of drug-likeness (QED) is 0.863. The first-order valence-corrected chi connectivity index (χ1v) is 8.12. The summed E-state index contributed by atoms with van der Waals surface area (Å²) in [4.78, 5) is 18.1. The van der Waals surface area contributed by atoms with E-state index in [0.29, 0.717) is 35.3 Å². The molecule has 0 bridgehead atoms. The van der Waals surface area contributed by atoms with E-state index in [1.165, 1.54) is 0 Å². The summed E-state index contributed by atoms with van der Waals surface area (Å²) in [5, 5.41) is 4.58. The van der Waals surface area contributed by atoms with E-state index in [2.05, 4.69) is 10.1 Å². The molecule has 0 saturated carbocycles. The van der Waals surface area contributed by atoms with E-state index in [4.69, 9.17) is 20.9 Å². The predicted molar refractivity (Wildman–Crippen MR) is 84.5 cm³/mol. The summed E-state index contributed by atoms with van der Waals surface area (Å²) >= 11 is 6.29. The number of carbonyl (C=O) groups excluding carboxylic acids is 1. The zero-order valence-electron chi connectivity index (χ0n) is 12.5. The van der Waals surface area contributed by atoms with Crippen LogP contribution in [0.15, 0.2) is 22.7 Å². The molecule has 1 unspecified atom stereocenters. The lowest BCUT2D eigenvalue weighted by molar-refractivity contribution is -0.117. The van der Waals surface area contributed by atoms with E-state index in [0.717, 1.165) is 31.7 Å². The van der Waals surface area contributed by atoms with Crippen molar-refractivity contribution in [2.24, 2.45) is 0 Å². The second-order valence-electron chi connectivity index (χ2n) is 5.83. The molecule has 3 heterocycles. The van der Waals surface area contributed by atoms with Crippen LogP contribution in [0, 0.1) is 0 Å². The van der Waals surface area contributed by atoms with Crippen LogP contribution >= 0.6 is 11.6 Å². The Hall–Kier alpha value is -1.92. The summed E-state index contributed by atoms with van der Waals surface area (Å²) in [5.41, 5.74) is 1.47. The minimum Gasteiger partial charge on any atom is -0.381 e. The lowest BCUT2D eigenvalue weighted by atomic mass is 10.1. The number of ether oxygens (including phenoxy) is 1. The number of halogens is 1. The number of hydrogen-bond acceptors (Lipinski definition) is 5. The summed E-state index contributed by atoms with van der Waals surface area (Å²) in [7, 11) is 0. The molecule has 2 aliphatic heterocycles. The van der Waals surface area contributed by atoms with Gasteiger partial charge in [0.15, 0.2) is 5.82 Å². The average molecular weight is 334 g/mol. The van der Waals surface area contributed by atoms with E-state index in [-0.39, 0.29) is 11.8 Å². The van der Waals surface area contributed by atoms with Gasteiger partial charge < -0.3 is 14.2 Å². The van der Waals surface area contributed by atoms with Crippen molar-refractivity contribution in [3.8, 4) is 11.5 Å². The Labute approximate surface area is 138 Å². The zero-order chi connectivity index (χ0) is 15.8. The molecule has 6 nitrogen and oxygen atoms in total. The highest BCUT2D eigenvalue weighted by Crippen LogP contribution is 2.33. The molecule has 1 aromatic heterocycles. The van der Waals surface area contributed by atoms with Crippen LogP contribution in [0.1, 0.15) is 31.0 Å². The van der Waals surface area contributed by atoms with E-state index >= 15 is 0 Å². The summed E-state index contributed by atoms with van der Waals surface area (Å²) in [6.07, 6.45) is 2.36. The first-order valence-electron chi connectivity index (χ1n) is 7.74. The number of anilines is 1. The summed E-state index contributed by atoms with van der Waals surface area (Å²) < 4.78 is 10.7. The molecule has 0 aliphatic carbocycles. The second kappa shape index (κ2) is 5.94. The van der Waals surface area contributed by atoms with Crippen LogP contribution < -0.4 is 4.90 Å². The smallest absolute Gasteiger partial charge is 0.259 e. The Bertz CT molecular complexity index is 740. The third kappa shape index (κ3) is 2.72. The molecule has 0 N–H and O–H groups in total. The molecule has 1 aromatic carbocycles. The predicted octanol–water partition coefficient (Wildman–Crippen LogP) is 3.02. The Balaban J connectivity index is 1.66. The van der Waals surface area contributed by atoms with Crippen molar-refractivity contribution in [2.45, 2.75) is 25.2 Å². The highest BCUT2D eigenvalue weighted by atomic mass is 35.5. The summed E-state index contributed by atoms with van der Waals surface area (Å²) in [5.74, 6) is 1.34. The number of nitrogens with zero attached hydrogens (tertiary/aromatic N) is 3. The molecule has 1 atom stereocenters.